The Bertz CT molecular complexity index is 748. The molecule has 0 bridgehead atoms. The van der Waals surface area contributed by atoms with Crippen molar-refractivity contribution in [1.29, 1.82) is 0 Å². The molecule has 0 radical (unpaired) electrons. The van der Waals surface area contributed by atoms with Crippen LogP contribution in [0.2, 0.25) is 0 Å². The van der Waals surface area contributed by atoms with Gasteiger partial charge < -0.3 is 10.4 Å². The predicted octanol–water partition coefficient (Wildman–Crippen LogP) is 1.21. The molecular weight excluding hydrogens is 294 g/mol. The molecule has 3 rings (SSSR count). The van der Waals surface area contributed by atoms with E-state index in [2.05, 4.69) is 10.4 Å². The number of amides is 1. The van der Waals surface area contributed by atoms with Gasteiger partial charge in [-0.1, -0.05) is 12.1 Å². The fourth-order valence-electron chi connectivity index (χ4n) is 3.07. The molecule has 1 heterocycles. The molecule has 1 fully saturated rings. The number of nitrogens with zero attached hydrogens (tertiary/aromatic N) is 2. The first-order chi connectivity index (χ1) is 11.1. The molecule has 2 aromatic rings. The van der Waals surface area contributed by atoms with E-state index in [0.29, 0.717) is 18.4 Å². The second kappa shape index (κ2) is 6.91. The highest BCUT2D eigenvalue weighted by molar-refractivity contribution is 5.79. The Labute approximate surface area is 134 Å². The van der Waals surface area contributed by atoms with Crippen molar-refractivity contribution in [3.63, 3.8) is 0 Å². The first-order valence-electron chi connectivity index (χ1n) is 8.06. The van der Waals surface area contributed by atoms with Crippen LogP contribution in [0, 0.1) is 0 Å². The highest BCUT2D eigenvalue weighted by Gasteiger charge is 2.20. The Balaban J connectivity index is 1.61. The van der Waals surface area contributed by atoms with E-state index in [0.717, 1.165) is 31.2 Å². The number of aliphatic hydroxyl groups excluding tert-OH is 1. The standard InChI is InChI=1S/C17H21N3O3/c21-13-7-5-12(6-8-13)19-17(23)9-10-20-15-4-2-1-3-14(15)16(22)11-18-20/h1-4,11-13,21H,5-10H2,(H,19,23). The number of hydrogen-bond donors (Lipinski definition) is 2. The lowest BCUT2D eigenvalue weighted by Crippen LogP contribution is -2.38. The minimum absolute atomic E-state index is 0.0176. The van der Waals surface area contributed by atoms with Gasteiger partial charge in [-0.3, -0.25) is 14.3 Å². The largest absolute Gasteiger partial charge is 0.393 e. The highest BCUT2D eigenvalue weighted by Crippen LogP contribution is 2.18. The van der Waals surface area contributed by atoms with E-state index in [9.17, 15) is 14.7 Å². The van der Waals surface area contributed by atoms with Crippen LogP contribution in [0.4, 0.5) is 0 Å². The maximum Gasteiger partial charge on any atom is 0.222 e. The summed E-state index contributed by atoms with van der Waals surface area (Å²) in [5, 5.41) is 17.2. The van der Waals surface area contributed by atoms with E-state index < -0.39 is 0 Å². The average molecular weight is 315 g/mol. The number of aliphatic hydroxyl groups is 1. The quantitative estimate of drug-likeness (QED) is 0.888. The lowest BCUT2D eigenvalue weighted by atomic mass is 9.93. The molecule has 0 spiro atoms. The summed E-state index contributed by atoms with van der Waals surface area (Å²) in [7, 11) is 0. The minimum Gasteiger partial charge on any atom is -0.393 e. The summed E-state index contributed by atoms with van der Waals surface area (Å²) in [6.45, 7) is 0.433. The van der Waals surface area contributed by atoms with Crippen molar-refractivity contribution in [2.45, 2.75) is 50.8 Å². The molecule has 2 N–H and O–H groups in total. The van der Waals surface area contributed by atoms with Gasteiger partial charge in [0.05, 0.1) is 24.4 Å². The topological polar surface area (TPSA) is 84.2 Å². The normalized spacial score (nSPS) is 21.3. The molecule has 6 nitrogen and oxygen atoms in total. The van der Waals surface area contributed by atoms with Crippen LogP contribution in [0.1, 0.15) is 32.1 Å². The molecule has 0 atom stereocenters. The van der Waals surface area contributed by atoms with Gasteiger partial charge in [-0.25, -0.2) is 0 Å². The van der Waals surface area contributed by atoms with Gasteiger partial charge in [0.1, 0.15) is 0 Å². The number of aryl methyl sites for hydroxylation is 1. The predicted molar refractivity (Wildman–Crippen MR) is 87.0 cm³/mol. The van der Waals surface area contributed by atoms with E-state index in [1.807, 2.05) is 18.2 Å². The molecule has 1 aliphatic carbocycles. The molecule has 6 heteroatoms. The van der Waals surface area contributed by atoms with Crippen molar-refractivity contribution in [1.82, 2.24) is 15.1 Å². The molecule has 0 aliphatic heterocycles. The summed E-state index contributed by atoms with van der Waals surface area (Å²) in [5.74, 6) is -0.0176. The van der Waals surface area contributed by atoms with Crippen molar-refractivity contribution in [2.24, 2.45) is 0 Å². The van der Waals surface area contributed by atoms with Crippen LogP contribution in [-0.2, 0) is 11.3 Å². The lowest BCUT2D eigenvalue weighted by Gasteiger charge is -2.26. The number of carbonyl (C=O) groups excluding carboxylic acids is 1. The fourth-order valence-corrected chi connectivity index (χ4v) is 3.07. The van der Waals surface area contributed by atoms with Gasteiger partial charge in [0.15, 0.2) is 0 Å². The van der Waals surface area contributed by atoms with Gasteiger partial charge in [-0.05, 0) is 37.8 Å². The summed E-state index contributed by atoms with van der Waals surface area (Å²) in [6, 6.07) is 7.43. The van der Waals surface area contributed by atoms with Crippen molar-refractivity contribution < 1.29 is 9.90 Å². The van der Waals surface area contributed by atoms with E-state index in [1.165, 1.54) is 6.20 Å². The second-order valence-electron chi connectivity index (χ2n) is 6.07. The summed E-state index contributed by atoms with van der Waals surface area (Å²) < 4.78 is 1.70. The molecular formula is C17H21N3O3. The molecule has 122 valence electrons. The molecule has 23 heavy (non-hydrogen) atoms. The first-order valence-corrected chi connectivity index (χ1v) is 8.06. The average Bonchev–Trinajstić information content (AvgIpc) is 2.57. The van der Waals surface area contributed by atoms with Crippen LogP contribution < -0.4 is 10.7 Å². The number of aromatic nitrogens is 2. The zero-order valence-electron chi connectivity index (χ0n) is 12.9. The van der Waals surface area contributed by atoms with E-state index in [1.54, 1.807) is 10.7 Å². The van der Waals surface area contributed by atoms with Crippen LogP contribution in [0.25, 0.3) is 10.9 Å². The number of para-hydroxylation sites is 1. The number of nitrogens with one attached hydrogen (secondary N) is 1. The van der Waals surface area contributed by atoms with Gasteiger partial charge in [-0.2, -0.15) is 5.10 Å². The van der Waals surface area contributed by atoms with Gasteiger partial charge in [-0.15, -0.1) is 0 Å². The summed E-state index contributed by atoms with van der Waals surface area (Å²) in [4.78, 5) is 23.9. The van der Waals surface area contributed by atoms with Crippen molar-refractivity contribution in [3.05, 3.63) is 40.7 Å². The number of benzene rings is 1. The Kier molecular flexibility index (Phi) is 4.71. The zero-order chi connectivity index (χ0) is 16.2. The number of fused-ring (bicyclic) bond motifs is 1. The van der Waals surface area contributed by atoms with Gasteiger partial charge in [0.25, 0.3) is 0 Å². The molecule has 1 amide bonds. The minimum atomic E-state index is -0.222. The molecule has 1 aliphatic rings. The lowest BCUT2D eigenvalue weighted by molar-refractivity contribution is -0.122. The molecule has 1 aromatic carbocycles. The Morgan fingerprint density at radius 2 is 2.00 bits per heavy atom. The van der Waals surface area contributed by atoms with E-state index in [-0.39, 0.29) is 23.5 Å². The smallest absolute Gasteiger partial charge is 0.222 e. The Morgan fingerprint density at radius 3 is 2.78 bits per heavy atom. The maximum absolute atomic E-state index is 12.1. The van der Waals surface area contributed by atoms with Crippen LogP contribution in [0.3, 0.4) is 0 Å². The van der Waals surface area contributed by atoms with E-state index in [4.69, 9.17) is 0 Å². The third-order valence-electron chi connectivity index (χ3n) is 4.37. The Morgan fingerprint density at radius 1 is 1.26 bits per heavy atom. The van der Waals surface area contributed by atoms with Crippen LogP contribution in [-0.4, -0.2) is 32.9 Å². The van der Waals surface area contributed by atoms with E-state index >= 15 is 0 Å². The number of rotatable bonds is 4. The third kappa shape index (κ3) is 3.76. The van der Waals surface area contributed by atoms with Crippen molar-refractivity contribution >= 4 is 16.8 Å². The molecule has 0 unspecified atom stereocenters. The maximum atomic E-state index is 12.1. The first kappa shape index (κ1) is 15.7. The van der Waals surface area contributed by atoms with Gasteiger partial charge in [0.2, 0.25) is 11.3 Å². The van der Waals surface area contributed by atoms with Gasteiger partial charge in [0, 0.05) is 17.8 Å². The van der Waals surface area contributed by atoms with Crippen molar-refractivity contribution in [2.75, 3.05) is 0 Å². The molecule has 1 saturated carbocycles. The molecule has 0 saturated heterocycles. The van der Waals surface area contributed by atoms with Crippen LogP contribution in [0.5, 0.6) is 0 Å². The summed E-state index contributed by atoms with van der Waals surface area (Å²) in [5.41, 5.74) is 0.635. The fraction of sp³-hybridized carbons (Fsp3) is 0.471. The zero-order valence-corrected chi connectivity index (χ0v) is 12.9. The van der Waals surface area contributed by atoms with Crippen molar-refractivity contribution in [3.8, 4) is 0 Å². The third-order valence-corrected chi connectivity index (χ3v) is 4.37. The summed E-state index contributed by atoms with van der Waals surface area (Å²) >= 11 is 0. The van der Waals surface area contributed by atoms with Crippen LogP contribution >= 0.6 is 0 Å². The number of carbonyl (C=O) groups is 1. The van der Waals surface area contributed by atoms with Gasteiger partial charge >= 0.3 is 0 Å². The monoisotopic (exact) mass is 315 g/mol. The van der Waals surface area contributed by atoms with Crippen LogP contribution in [0.15, 0.2) is 35.3 Å². The highest BCUT2D eigenvalue weighted by atomic mass is 16.3. The summed E-state index contributed by atoms with van der Waals surface area (Å²) in [6.07, 6.45) is 4.54. The number of hydrogen-bond acceptors (Lipinski definition) is 4. The molecule has 1 aromatic heterocycles. The SMILES string of the molecule is O=C(CCn1ncc(=O)c2ccccc21)NC1CCC(O)CC1. The second-order valence-corrected chi connectivity index (χ2v) is 6.07. The Hall–Kier alpha value is -2.21.